The van der Waals surface area contributed by atoms with E-state index in [4.69, 9.17) is 23.4 Å². The van der Waals surface area contributed by atoms with E-state index in [9.17, 15) is 14.7 Å². The Hall–Kier alpha value is -3.20. The largest absolute Gasteiger partial charge is 0.541 e. The predicted octanol–water partition coefficient (Wildman–Crippen LogP) is 5.83. The molecule has 0 bridgehead atoms. The molecule has 0 aliphatic rings. The van der Waals surface area contributed by atoms with Gasteiger partial charge in [0.25, 0.3) is 8.32 Å². The first-order chi connectivity index (χ1) is 16.3. The van der Waals surface area contributed by atoms with Gasteiger partial charge in [0.15, 0.2) is 17.2 Å². The number of rotatable bonds is 8. The molecule has 0 saturated heterocycles. The van der Waals surface area contributed by atoms with Crippen molar-refractivity contribution in [2.24, 2.45) is 0 Å². The number of esters is 2. The van der Waals surface area contributed by atoms with E-state index < -0.39 is 14.3 Å². The van der Waals surface area contributed by atoms with Crippen LogP contribution in [-0.4, -0.2) is 52.8 Å². The van der Waals surface area contributed by atoms with Gasteiger partial charge in [0.05, 0.1) is 38.6 Å². The molecule has 0 atom stereocenters. The molecule has 2 aromatic carbocycles. The van der Waals surface area contributed by atoms with Crippen LogP contribution in [0, 0.1) is 0 Å². The maximum absolute atomic E-state index is 11.8. The number of carbonyl (C=O) groups excluding carboxylic acids is 2. The normalized spacial score (nSPS) is 11.0. The monoisotopic (exact) mass is 506 g/mol. The molecule has 2 aromatic rings. The van der Waals surface area contributed by atoms with Crippen LogP contribution in [0.15, 0.2) is 36.4 Å². The lowest BCUT2D eigenvalue weighted by molar-refractivity contribution is 0.0516. The smallest absolute Gasteiger partial charge is 0.338 e. The molecule has 0 saturated carbocycles. The molecular formula is C26H38O8Si. The number of ether oxygens (including phenoxy) is 4. The third kappa shape index (κ3) is 8.51. The minimum Gasteiger partial charge on any atom is -0.541 e. The van der Waals surface area contributed by atoms with E-state index in [1.807, 2.05) is 0 Å². The average Bonchev–Trinajstić information content (AvgIpc) is 2.79. The number of methoxy groups -OCH3 is 2. The maximum atomic E-state index is 11.8. The SMILES string of the molecule is CCOC(=O)c1ccc(O)c(OC)c1.CCOC(=O)c1ccc(O[Si](C)(C)C(C)(C)C)c(OC)c1. The molecule has 35 heavy (non-hydrogen) atoms. The van der Waals surface area contributed by atoms with Crippen LogP contribution in [0.2, 0.25) is 18.1 Å². The van der Waals surface area contributed by atoms with Gasteiger partial charge in [-0.25, -0.2) is 9.59 Å². The van der Waals surface area contributed by atoms with Gasteiger partial charge in [-0.15, -0.1) is 0 Å². The fraction of sp³-hybridized carbons (Fsp3) is 0.462. The zero-order valence-corrected chi connectivity index (χ0v) is 23.2. The number of carbonyl (C=O) groups is 2. The highest BCUT2D eigenvalue weighted by molar-refractivity contribution is 6.74. The lowest BCUT2D eigenvalue weighted by atomic mass is 10.2. The van der Waals surface area contributed by atoms with E-state index in [2.05, 4.69) is 33.9 Å². The quantitative estimate of drug-likeness (QED) is 0.352. The van der Waals surface area contributed by atoms with Crippen LogP contribution in [-0.2, 0) is 9.47 Å². The summed E-state index contributed by atoms with van der Waals surface area (Å²) in [7, 11) is 1.04. The number of hydrogen-bond acceptors (Lipinski definition) is 8. The van der Waals surface area contributed by atoms with E-state index in [0.29, 0.717) is 35.8 Å². The molecule has 0 radical (unpaired) electrons. The Balaban J connectivity index is 0.000000379. The van der Waals surface area contributed by atoms with Crippen molar-refractivity contribution in [3.63, 3.8) is 0 Å². The fourth-order valence-electron chi connectivity index (χ4n) is 2.54. The molecule has 0 fully saturated rings. The van der Waals surface area contributed by atoms with Crippen molar-refractivity contribution in [2.45, 2.75) is 52.8 Å². The summed E-state index contributed by atoms with van der Waals surface area (Å²) >= 11 is 0. The van der Waals surface area contributed by atoms with E-state index in [0.717, 1.165) is 0 Å². The summed E-state index contributed by atoms with van der Waals surface area (Å²) in [4.78, 5) is 23.0. The second-order valence-corrected chi connectivity index (χ2v) is 13.8. The number of phenols is 1. The third-order valence-electron chi connectivity index (χ3n) is 5.54. The lowest BCUT2D eigenvalue weighted by Crippen LogP contribution is -2.43. The topological polar surface area (TPSA) is 101 Å². The van der Waals surface area contributed by atoms with Crippen LogP contribution in [0.1, 0.15) is 55.3 Å². The van der Waals surface area contributed by atoms with Crippen LogP contribution >= 0.6 is 0 Å². The Morgan fingerprint density at radius 2 is 1.26 bits per heavy atom. The van der Waals surface area contributed by atoms with Gasteiger partial charge in [0.1, 0.15) is 5.75 Å². The molecule has 8 nitrogen and oxygen atoms in total. The molecule has 194 valence electrons. The van der Waals surface area contributed by atoms with Gasteiger partial charge in [-0.2, -0.15) is 0 Å². The Kier molecular flexibility index (Phi) is 11.1. The summed E-state index contributed by atoms with van der Waals surface area (Å²) in [5, 5.41) is 9.36. The highest BCUT2D eigenvalue weighted by Gasteiger charge is 2.39. The highest BCUT2D eigenvalue weighted by Crippen LogP contribution is 2.40. The standard InChI is InChI=1S/C16H26O4Si.C10H12O4/c1-8-19-15(17)12-9-10-13(14(11-12)18-5)20-21(6,7)16(2,3)4;1-3-14-10(12)7-4-5-8(11)9(6-7)13-2/h9-11H,8H2,1-7H3;4-6,11H,3H2,1-2H3. The molecule has 2 rings (SSSR count). The molecule has 1 N–H and O–H groups in total. The number of phenolic OH excluding ortho intramolecular Hbond substituents is 1. The Bertz CT molecular complexity index is 995. The number of benzene rings is 2. The summed E-state index contributed by atoms with van der Waals surface area (Å²) in [5.41, 5.74) is 0.831. The van der Waals surface area contributed by atoms with Crippen LogP contribution in [0.3, 0.4) is 0 Å². The van der Waals surface area contributed by atoms with Gasteiger partial charge in [-0.1, -0.05) is 20.8 Å². The molecule has 0 spiro atoms. The van der Waals surface area contributed by atoms with Crippen molar-refractivity contribution in [3.8, 4) is 23.0 Å². The van der Waals surface area contributed by atoms with E-state index in [-0.39, 0.29) is 22.5 Å². The van der Waals surface area contributed by atoms with Crippen molar-refractivity contribution < 1.29 is 38.1 Å². The molecule has 0 unspecified atom stereocenters. The zero-order chi connectivity index (χ0) is 26.8. The van der Waals surface area contributed by atoms with Crippen molar-refractivity contribution in [1.82, 2.24) is 0 Å². The molecule has 0 amide bonds. The van der Waals surface area contributed by atoms with Gasteiger partial charge in [-0.05, 0) is 68.4 Å². The second-order valence-electron chi connectivity index (χ2n) is 9.06. The van der Waals surface area contributed by atoms with E-state index >= 15 is 0 Å². The van der Waals surface area contributed by atoms with Crippen molar-refractivity contribution in [1.29, 1.82) is 0 Å². The van der Waals surface area contributed by atoms with Crippen LogP contribution in [0.5, 0.6) is 23.0 Å². The first kappa shape index (κ1) is 29.8. The van der Waals surface area contributed by atoms with Crippen molar-refractivity contribution in [2.75, 3.05) is 27.4 Å². The molecule has 0 aliphatic heterocycles. The fourth-order valence-corrected chi connectivity index (χ4v) is 3.56. The maximum Gasteiger partial charge on any atom is 0.338 e. The lowest BCUT2D eigenvalue weighted by Gasteiger charge is -2.36. The minimum atomic E-state index is -1.95. The third-order valence-corrected chi connectivity index (χ3v) is 9.88. The molecule has 9 heteroatoms. The molecule has 0 aromatic heterocycles. The predicted molar refractivity (Wildman–Crippen MR) is 137 cm³/mol. The van der Waals surface area contributed by atoms with Crippen LogP contribution in [0.4, 0.5) is 0 Å². The van der Waals surface area contributed by atoms with Crippen LogP contribution < -0.4 is 13.9 Å². The highest BCUT2D eigenvalue weighted by atomic mass is 28.4. The Morgan fingerprint density at radius 3 is 1.69 bits per heavy atom. The first-order valence-corrected chi connectivity index (χ1v) is 14.3. The van der Waals surface area contributed by atoms with E-state index in [1.165, 1.54) is 25.3 Å². The number of hydrogen-bond donors (Lipinski definition) is 1. The first-order valence-electron chi connectivity index (χ1n) is 11.4. The van der Waals surface area contributed by atoms with Gasteiger partial charge in [-0.3, -0.25) is 0 Å². The zero-order valence-electron chi connectivity index (χ0n) is 22.2. The molecule has 0 heterocycles. The summed E-state index contributed by atoms with van der Waals surface area (Å²) in [6.45, 7) is 15.1. The average molecular weight is 507 g/mol. The Morgan fingerprint density at radius 1 is 0.800 bits per heavy atom. The van der Waals surface area contributed by atoms with Crippen LogP contribution in [0.25, 0.3) is 0 Å². The molecule has 0 aliphatic carbocycles. The van der Waals surface area contributed by atoms with E-state index in [1.54, 1.807) is 39.2 Å². The second kappa shape index (κ2) is 13.0. The van der Waals surface area contributed by atoms with Gasteiger partial charge in [0, 0.05) is 0 Å². The molecular weight excluding hydrogens is 468 g/mol. The Labute approximate surface area is 209 Å². The minimum absolute atomic E-state index is 0.000508. The van der Waals surface area contributed by atoms with Gasteiger partial charge >= 0.3 is 11.9 Å². The van der Waals surface area contributed by atoms with Crippen molar-refractivity contribution >= 4 is 20.3 Å². The van der Waals surface area contributed by atoms with Crippen molar-refractivity contribution in [3.05, 3.63) is 47.5 Å². The summed E-state index contributed by atoms with van der Waals surface area (Å²) in [5.74, 6) is 0.721. The number of aromatic hydroxyl groups is 1. The summed E-state index contributed by atoms with van der Waals surface area (Å²) in [6.07, 6.45) is 0. The summed E-state index contributed by atoms with van der Waals surface area (Å²) in [6, 6.07) is 9.48. The van der Waals surface area contributed by atoms with Gasteiger partial charge < -0.3 is 28.5 Å². The van der Waals surface area contributed by atoms with Gasteiger partial charge in [0.2, 0.25) is 0 Å². The summed E-state index contributed by atoms with van der Waals surface area (Å²) < 4.78 is 26.3.